The van der Waals surface area contributed by atoms with Gasteiger partial charge in [-0.15, -0.1) is 0 Å². The Morgan fingerprint density at radius 2 is 1.95 bits per heavy atom. The predicted octanol–water partition coefficient (Wildman–Crippen LogP) is 3.03. The maximum absolute atomic E-state index is 12.7. The van der Waals surface area contributed by atoms with Crippen molar-refractivity contribution in [2.24, 2.45) is 16.7 Å². The number of rotatable bonds is 3. The Labute approximate surface area is 124 Å². The molecule has 1 N–H and O–H groups in total. The molecule has 0 spiro atoms. The number of carbonyl (C=O) groups excluding carboxylic acids is 2. The molecule has 0 radical (unpaired) electrons. The summed E-state index contributed by atoms with van der Waals surface area (Å²) >= 11 is 0. The zero-order valence-corrected chi connectivity index (χ0v) is 12.7. The standard InChI is InChI=1S/C17H21NO3/c1-16(2)11-8-9-17(10-11,14(16)19)15(20)18-12-4-6-13(21-3)7-5-12/h4-7,11H,8-10H2,1-3H3,(H,18,20)/t11-,17+/m0/s1. The molecular formula is C17H21NO3. The molecule has 0 saturated heterocycles. The summed E-state index contributed by atoms with van der Waals surface area (Å²) in [5.41, 5.74) is -0.472. The van der Waals surface area contributed by atoms with Crippen LogP contribution in [-0.4, -0.2) is 18.8 Å². The fourth-order valence-electron chi connectivity index (χ4n) is 3.90. The molecule has 2 aliphatic carbocycles. The highest BCUT2D eigenvalue weighted by Gasteiger charge is 2.64. The maximum Gasteiger partial charge on any atom is 0.238 e. The summed E-state index contributed by atoms with van der Waals surface area (Å²) in [6, 6.07) is 7.19. The largest absolute Gasteiger partial charge is 0.497 e. The van der Waals surface area contributed by atoms with E-state index in [1.807, 2.05) is 13.8 Å². The van der Waals surface area contributed by atoms with Crippen molar-refractivity contribution in [2.45, 2.75) is 33.1 Å². The lowest BCUT2D eigenvalue weighted by atomic mass is 9.70. The fourth-order valence-corrected chi connectivity index (χ4v) is 3.90. The number of amides is 1. The van der Waals surface area contributed by atoms with Gasteiger partial charge >= 0.3 is 0 Å². The van der Waals surface area contributed by atoms with E-state index in [-0.39, 0.29) is 17.1 Å². The number of carbonyl (C=O) groups is 2. The highest BCUT2D eigenvalue weighted by Crippen LogP contribution is 2.60. The third-order valence-electron chi connectivity index (χ3n) is 5.34. The van der Waals surface area contributed by atoms with Crippen LogP contribution in [0.25, 0.3) is 0 Å². The van der Waals surface area contributed by atoms with Crippen LogP contribution in [0.5, 0.6) is 5.75 Å². The zero-order chi connectivity index (χ0) is 15.3. The summed E-state index contributed by atoms with van der Waals surface area (Å²) in [7, 11) is 1.60. The molecule has 2 atom stereocenters. The van der Waals surface area contributed by atoms with Gasteiger partial charge < -0.3 is 10.1 Å². The molecule has 0 aliphatic heterocycles. The van der Waals surface area contributed by atoms with Gasteiger partial charge in [0.15, 0.2) is 5.78 Å². The summed E-state index contributed by atoms with van der Waals surface area (Å²) in [6.07, 6.45) is 2.34. The number of benzene rings is 1. The van der Waals surface area contributed by atoms with E-state index in [4.69, 9.17) is 4.74 Å². The monoisotopic (exact) mass is 287 g/mol. The number of Topliss-reactive ketones (excluding diaryl/α,β-unsaturated/α-hetero) is 1. The minimum Gasteiger partial charge on any atom is -0.497 e. The SMILES string of the molecule is COc1ccc(NC(=O)[C@]23CC[C@@H](C2)C(C)(C)C3=O)cc1. The van der Waals surface area contributed by atoms with E-state index in [0.717, 1.165) is 12.2 Å². The van der Waals surface area contributed by atoms with Crippen LogP contribution in [0.2, 0.25) is 0 Å². The fraction of sp³-hybridized carbons (Fsp3) is 0.529. The molecule has 21 heavy (non-hydrogen) atoms. The second-order valence-corrected chi connectivity index (χ2v) is 6.76. The predicted molar refractivity (Wildman–Crippen MR) is 80.2 cm³/mol. The Bertz CT molecular complexity index is 591. The molecule has 3 rings (SSSR count). The Kier molecular flexibility index (Phi) is 3.08. The van der Waals surface area contributed by atoms with Crippen LogP contribution in [0, 0.1) is 16.7 Å². The van der Waals surface area contributed by atoms with E-state index in [2.05, 4.69) is 5.32 Å². The van der Waals surface area contributed by atoms with E-state index in [0.29, 0.717) is 24.4 Å². The molecule has 2 bridgehead atoms. The molecule has 2 saturated carbocycles. The normalized spacial score (nSPS) is 29.5. The van der Waals surface area contributed by atoms with Crippen molar-refractivity contribution in [3.63, 3.8) is 0 Å². The first-order valence-electron chi connectivity index (χ1n) is 7.40. The molecule has 112 valence electrons. The molecule has 0 unspecified atom stereocenters. The van der Waals surface area contributed by atoms with Crippen LogP contribution in [0.4, 0.5) is 5.69 Å². The lowest BCUT2D eigenvalue weighted by Gasteiger charge is -2.32. The molecule has 0 aromatic heterocycles. The lowest BCUT2D eigenvalue weighted by Crippen LogP contribution is -2.44. The van der Waals surface area contributed by atoms with Crippen molar-refractivity contribution < 1.29 is 14.3 Å². The molecule has 2 aliphatic rings. The number of ketones is 1. The quantitative estimate of drug-likeness (QED) is 0.869. The number of ether oxygens (including phenoxy) is 1. The van der Waals surface area contributed by atoms with Gasteiger partial charge in [0, 0.05) is 11.1 Å². The first kappa shape index (κ1) is 14.1. The van der Waals surface area contributed by atoms with Gasteiger partial charge in [-0.3, -0.25) is 9.59 Å². The molecular weight excluding hydrogens is 266 g/mol. The third-order valence-corrected chi connectivity index (χ3v) is 5.34. The number of methoxy groups -OCH3 is 1. The van der Waals surface area contributed by atoms with E-state index in [9.17, 15) is 9.59 Å². The Hall–Kier alpha value is -1.84. The average Bonchev–Trinajstić information content (AvgIpc) is 3.00. The van der Waals surface area contributed by atoms with Crippen molar-refractivity contribution in [1.29, 1.82) is 0 Å². The van der Waals surface area contributed by atoms with Gasteiger partial charge in [0.2, 0.25) is 5.91 Å². The first-order valence-corrected chi connectivity index (χ1v) is 7.40. The summed E-state index contributed by atoms with van der Waals surface area (Å²) in [4.78, 5) is 25.3. The molecule has 4 nitrogen and oxygen atoms in total. The van der Waals surface area contributed by atoms with Crippen molar-refractivity contribution in [2.75, 3.05) is 12.4 Å². The van der Waals surface area contributed by atoms with Gasteiger partial charge in [-0.25, -0.2) is 0 Å². The third kappa shape index (κ3) is 1.96. The average molecular weight is 287 g/mol. The minimum atomic E-state index is -0.811. The van der Waals surface area contributed by atoms with Crippen molar-refractivity contribution in [1.82, 2.24) is 0 Å². The van der Waals surface area contributed by atoms with Gasteiger partial charge in [-0.2, -0.15) is 0 Å². The second kappa shape index (κ2) is 4.58. The Morgan fingerprint density at radius 3 is 2.48 bits per heavy atom. The number of anilines is 1. The number of hydrogen-bond donors (Lipinski definition) is 1. The van der Waals surface area contributed by atoms with Gasteiger partial charge in [-0.1, -0.05) is 13.8 Å². The maximum atomic E-state index is 12.7. The second-order valence-electron chi connectivity index (χ2n) is 6.76. The molecule has 0 heterocycles. The van der Waals surface area contributed by atoms with E-state index >= 15 is 0 Å². The molecule has 4 heteroatoms. The Morgan fingerprint density at radius 1 is 1.29 bits per heavy atom. The van der Waals surface area contributed by atoms with Crippen LogP contribution in [0.15, 0.2) is 24.3 Å². The van der Waals surface area contributed by atoms with Crippen LogP contribution in [0.3, 0.4) is 0 Å². The van der Waals surface area contributed by atoms with Gasteiger partial charge in [0.1, 0.15) is 11.2 Å². The van der Waals surface area contributed by atoms with Crippen LogP contribution < -0.4 is 10.1 Å². The number of hydrogen-bond acceptors (Lipinski definition) is 3. The summed E-state index contributed by atoms with van der Waals surface area (Å²) in [5, 5.41) is 2.91. The molecule has 1 amide bonds. The molecule has 1 aromatic rings. The minimum absolute atomic E-state index is 0.109. The van der Waals surface area contributed by atoms with Crippen molar-refractivity contribution in [3.05, 3.63) is 24.3 Å². The van der Waals surface area contributed by atoms with Gasteiger partial charge in [0.25, 0.3) is 0 Å². The van der Waals surface area contributed by atoms with E-state index < -0.39 is 5.41 Å². The van der Waals surface area contributed by atoms with Crippen molar-refractivity contribution >= 4 is 17.4 Å². The van der Waals surface area contributed by atoms with E-state index in [1.54, 1.807) is 31.4 Å². The van der Waals surface area contributed by atoms with Gasteiger partial charge in [0.05, 0.1) is 7.11 Å². The highest BCUT2D eigenvalue weighted by molar-refractivity contribution is 6.15. The number of nitrogens with one attached hydrogen (secondary N) is 1. The highest BCUT2D eigenvalue weighted by atomic mass is 16.5. The lowest BCUT2D eigenvalue weighted by molar-refractivity contribution is -0.142. The van der Waals surface area contributed by atoms with E-state index in [1.165, 1.54) is 0 Å². The van der Waals surface area contributed by atoms with Gasteiger partial charge in [-0.05, 0) is 49.4 Å². The molecule has 1 aromatic carbocycles. The van der Waals surface area contributed by atoms with Crippen LogP contribution in [-0.2, 0) is 9.59 Å². The Balaban J connectivity index is 1.81. The number of fused-ring (bicyclic) bond motifs is 2. The topological polar surface area (TPSA) is 55.4 Å². The van der Waals surface area contributed by atoms with Crippen molar-refractivity contribution in [3.8, 4) is 5.75 Å². The summed E-state index contributed by atoms with van der Waals surface area (Å²) in [6.45, 7) is 3.95. The first-order chi connectivity index (χ1) is 9.90. The zero-order valence-electron chi connectivity index (χ0n) is 12.7. The summed E-state index contributed by atoms with van der Waals surface area (Å²) < 4.78 is 5.10. The smallest absolute Gasteiger partial charge is 0.238 e. The summed E-state index contributed by atoms with van der Waals surface area (Å²) in [5.74, 6) is 1.04. The molecule has 2 fully saturated rings. The van der Waals surface area contributed by atoms with Crippen LogP contribution >= 0.6 is 0 Å². The van der Waals surface area contributed by atoms with Crippen LogP contribution in [0.1, 0.15) is 33.1 Å².